The van der Waals surface area contributed by atoms with Crippen LogP contribution in [0.3, 0.4) is 0 Å². The van der Waals surface area contributed by atoms with Gasteiger partial charge in [0.2, 0.25) is 0 Å². The van der Waals surface area contributed by atoms with Crippen molar-refractivity contribution < 1.29 is 9.13 Å². The molecule has 3 nitrogen and oxygen atoms in total. The molecule has 0 saturated carbocycles. The van der Waals surface area contributed by atoms with Gasteiger partial charge in [-0.3, -0.25) is 0 Å². The fraction of sp³-hybridized carbons (Fsp3) is 0.0500. The molecular weight excluding hydrogens is 415 g/mol. The maximum Gasteiger partial charge on any atom is 0.187 e. The number of nitrogens with zero attached hydrogens (tertiary/aromatic N) is 1. The van der Waals surface area contributed by atoms with Crippen LogP contribution in [0.5, 0.6) is 5.75 Å². The Morgan fingerprint density at radius 2 is 1.85 bits per heavy atom. The van der Waals surface area contributed by atoms with Gasteiger partial charge in [0.1, 0.15) is 0 Å². The predicted octanol–water partition coefficient (Wildman–Crippen LogP) is 6.43. The fourth-order valence-corrected chi connectivity index (χ4v) is 3.47. The van der Waals surface area contributed by atoms with E-state index in [0.29, 0.717) is 0 Å². The lowest BCUT2D eigenvalue weighted by Gasteiger charge is -2.07. The van der Waals surface area contributed by atoms with Gasteiger partial charge in [-0.15, -0.1) is 28.3 Å². The average molecular weight is 431 g/mol. The Kier molecular flexibility index (Phi) is 5.54. The summed E-state index contributed by atoms with van der Waals surface area (Å²) in [5.41, 5.74) is 2.45. The Balaban J connectivity index is 0.00000196. The summed E-state index contributed by atoms with van der Waals surface area (Å²) in [6, 6.07) is 19.2. The van der Waals surface area contributed by atoms with Crippen molar-refractivity contribution in [1.29, 1.82) is 0 Å². The largest absolute Gasteiger partial charge is 0.494 e. The quantitative estimate of drug-likeness (QED) is 0.404. The molecule has 0 radical (unpaired) electrons. The number of thiazole rings is 1. The van der Waals surface area contributed by atoms with Crippen molar-refractivity contribution in [3.8, 4) is 17.0 Å². The highest BCUT2D eigenvalue weighted by molar-refractivity contribution is 8.93. The molecule has 1 heterocycles. The minimum Gasteiger partial charge on any atom is -0.494 e. The van der Waals surface area contributed by atoms with Crippen LogP contribution in [0.15, 0.2) is 66.0 Å². The summed E-state index contributed by atoms with van der Waals surface area (Å²) in [5.74, 6) is -0.162. The second-order valence-electron chi connectivity index (χ2n) is 5.54. The first kappa shape index (κ1) is 18.4. The molecule has 0 amide bonds. The van der Waals surface area contributed by atoms with Crippen LogP contribution in [-0.4, -0.2) is 12.1 Å². The van der Waals surface area contributed by atoms with E-state index >= 15 is 0 Å². The van der Waals surface area contributed by atoms with Crippen LogP contribution >= 0.6 is 28.3 Å². The van der Waals surface area contributed by atoms with Gasteiger partial charge < -0.3 is 10.1 Å². The van der Waals surface area contributed by atoms with Crippen LogP contribution in [0.4, 0.5) is 15.2 Å². The standard InChI is InChI=1S/C20H15FN2OS.BrH/c1-24-19-10-9-14(11-16(19)21)18-12-25-20(23-18)22-17-8-4-6-13-5-2-3-7-15(13)17;/h2-12H,1H3,(H,22,23);1H. The zero-order valence-corrected chi connectivity index (χ0v) is 16.4. The van der Waals surface area contributed by atoms with Crippen molar-refractivity contribution in [2.45, 2.75) is 0 Å². The Morgan fingerprint density at radius 3 is 2.65 bits per heavy atom. The number of halogens is 2. The van der Waals surface area contributed by atoms with Crippen LogP contribution in [0.1, 0.15) is 0 Å². The molecule has 132 valence electrons. The molecule has 0 saturated heterocycles. The first-order valence-corrected chi connectivity index (χ1v) is 8.67. The van der Waals surface area contributed by atoms with Crippen molar-refractivity contribution in [1.82, 2.24) is 4.98 Å². The molecule has 0 aliphatic carbocycles. The molecule has 26 heavy (non-hydrogen) atoms. The van der Waals surface area contributed by atoms with Gasteiger partial charge in [-0.1, -0.05) is 36.4 Å². The van der Waals surface area contributed by atoms with Crippen molar-refractivity contribution in [3.63, 3.8) is 0 Å². The minimum absolute atomic E-state index is 0. The second-order valence-corrected chi connectivity index (χ2v) is 6.40. The number of hydrogen-bond donors (Lipinski definition) is 1. The third kappa shape index (κ3) is 3.57. The number of fused-ring (bicyclic) bond motifs is 1. The molecule has 1 aromatic heterocycles. The molecule has 0 atom stereocenters. The van der Waals surface area contributed by atoms with Crippen molar-refractivity contribution in [3.05, 3.63) is 71.9 Å². The maximum absolute atomic E-state index is 13.9. The molecule has 0 aliphatic heterocycles. The van der Waals surface area contributed by atoms with E-state index in [9.17, 15) is 4.39 Å². The predicted molar refractivity (Wildman–Crippen MR) is 112 cm³/mol. The summed E-state index contributed by atoms with van der Waals surface area (Å²) in [5, 5.41) is 8.35. The highest BCUT2D eigenvalue weighted by Gasteiger charge is 2.09. The first-order chi connectivity index (χ1) is 12.2. The number of anilines is 2. The fourth-order valence-electron chi connectivity index (χ4n) is 2.74. The topological polar surface area (TPSA) is 34.1 Å². The number of hydrogen-bond acceptors (Lipinski definition) is 4. The Hall–Kier alpha value is -2.44. The molecule has 1 N–H and O–H groups in total. The van der Waals surface area contributed by atoms with Crippen LogP contribution in [0.25, 0.3) is 22.0 Å². The number of ether oxygens (including phenoxy) is 1. The molecule has 0 fully saturated rings. The Labute approximate surface area is 165 Å². The number of aromatic nitrogens is 1. The zero-order chi connectivity index (χ0) is 17.2. The van der Waals surface area contributed by atoms with Gasteiger partial charge in [-0.2, -0.15) is 0 Å². The zero-order valence-electron chi connectivity index (χ0n) is 13.9. The smallest absolute Gasteiger partial charge is 0.187 e. The van der Waals surface area contributed by atoms with Crippen molar-refractivity contribution in [2.24, 2.45) is 0 Å². The number of benzene rings is 3. The highest BCUT2D eigenvalue weighted by atomic mass is 79.9. The third-order valence-electron chi connectivity index (χ3n) is 3.98. The maximum atomic E-state index is 13.9. The number of rotatable bonds is 4. The van der Waals surface area contributed by atoms with E-state index in [4.69, 9.17) is 4.74 Å². The molecule has 0 bridgehead atoms. The molecule has 3 aromatic carbocycles. The van der Waals surface area contributed by atoms with Crippen molar-refractivity contribution >= 4 is 49.9 Å². The molecule has 6 heteroatoms. The van der Waals surface area contributed by atoms with Gasteiger partial charge in [0.15, 0.2) is 16.7 Å². The number of methoxy groups -OCH3 is 1. The molecule has 0 spiro atoms. The molecular formula is C20H16BrFN2OS. The summed E-state index contributed by atoms with van der Waals surface area (Å²) < 4.78 is 18.9. The van der Waals surface area contributed by atoms with Gasteiger partial charge in [0.25, 0.3) is 0 Å². The molecule has 4 rings (SSSR count). The summed E-state index contributed by atoms with van der Waals surface area (Å²) in [6.45, 7) is 0. The van der Waals surface area contributed by atoms with Gasteiger partial charge in [-0.25, -0.2) is 9.37 Å². The Bertz CT molecular complexity index is 1050. The third-order valence-corrected chi connectivity index (χ3v) is 4.74. The van der Waals surface area contributed by atoms with Gasteiger partial charge >= 0.3 is 0 Å². The van der Waals surface area contributed by atoms with Gasteiger partial charge in [-0.05, 0) is 29.7 Å². The lowest BCUT2D eigenvalue weighted by Crippen LogP contribution is -1.91. The summed E-state index contributed by atoms with van der Waals surface area (Å²) in [6.07, 6.45) is 0. The highest BCUT2D eigenvalue weighted by Crippen LogP contribution is 2.31. The van der Waals surface area contributed by atoms with E-state index in [0.717, 1.165) is 27.5 Å². The van der Waals surface area contributed by atoms with Gasteiger partial charge in [0.05, 0.1) is 12.8 Å². The monoisotopic (exact) mass is 430 g/mol. The van der Waals surface area contributed by atoms with E-state index in [-0.39, 0.29) is 22.7 Å². The summed E-state index contributed by atoms with van der Waals surface area (Å²) in [4.78, 5) is 4.58. The van der Waals surface area contributed by atoms with Gasteiger partial charge in [0, 0.05) is 22.0 Å². The van der Waals surface area contributed by atoms with E-state index in [1.54, 1.807) is 12.1 Å². The normalized spacial score (nSPS) is 10.4. The Morgan fingerprint density at radius 1 is 1.04 bits per heavy atom. The van der Waals surface area contributed by atoms with Crippen molar-refractivity contribution in [2.75, 3.05) is 12.4 Å². The lowest BCUT2D eigenvalue weighted by atomic mass is 10.1. The number of nitrogens with one attached hydrogen (secondary N) is 1. The van der Waals surface area contributed by atoms with Crippen LogP contribution in [0, 0.1) is 5.82 Å². The van der Waals surface area contributed by atoms with Crippen LogP contribution < -0.4 is 10.1 Å². The molecule has 4 aromatic rings. The molecule has 0 aliphatic rings. The van der Waals surface area contributed by atoms with Crippen LogP contribution in [0.2, 0.25) is 0 Å². The average Bonchev–Trinajstić information content (AvgIpc) is 3.10. The molecule has 0 unspecified atom stereocenters. The SMILES string of the molecule is Br.COc1ccc(-c2csc(Nc3cccc4ccccc34)n2)cc1F. The van der Waals surface area contributed by atoms with E-state index in [1.165, 1.54) is 29.9 Å². The van der Waals surface area contributed by atoms with E-state index in [2.05, 4.69) is 28.5 Å². The van der Waals surface area contributed by atoms with E-state index < -0.39 is 5.82 Å². The van der Waals surface area contributed by atoms with E-state index in [1.807, 2.05) is 29.6 Å². The minimum atomic E-state index is -0.392. The lowest BCUT2D eigenvalue weighted by molar-refractivity contribution is 0.386. The van der Waals surface area contributed by atoms with Crippen LogP contribution in [-0.2, 0) is 0 Å². The summed E-state index contributed by atoms with van der Waals surface area (Å²) >= 11 is 1.49. The second kappa shape index (κ2) is 7.85. The first-order valence-electron chi connectivity index (χ1n) is 7.79. The summed E-state index contributed by atoms with van der Waals surface area (Å²) in [7, 11) is 1.45.